The molecule has 0 spiro atoms. The summed E-state index contributed by atoms with van der Waals surface area (Å²) in [6.45, 7) is 15.9. The fourth-order valence-corrected chi connectivity index (χ4v) is 14.7. The van der Waals surface area contributed by atoms with E-state index in [0.717, 1.165) is 61.4 Å². The fourth-order valence-electron chi connectivity index (χ4n) is 14.4. The van der Waals surface area contributed by atoms with E-state index in [1.54, 1.807) is 6.08 Å². The number of carbonyl (C=O) groups excluding carboxylic acids is 1. The Bertz CT molecular complexity index is 1970. The van der Waals surface area contributed by atoms with Crippen LogP contribution in [0.4, 0.5) is 0 Å². The number of amides is 1. The van der Waals surface area contributed by atoms with E-state index in [-0.39, 0.29) is 58.2 Å². The quantitative estimate of drug-likeness (QED) is 0.0850. The number of fused-ring (bicyclic) bond motifs is 7. The van der Waals surface area contributed by atoms with Gasteiger partial charge in [0.1, 0.15) is 42.7 Å². The van der Waals surface area contributed by atoms with E-state index in [2.05, 4.69) is 75.8 Å². The Morgan fingerprint density at radius 2 is 1.55 bits per heavy atom. The summed E-state index contributed by atoms with van der Waals surface area (Å²) >= 11 is 3.43. The minimum absolute atomic E-state index is 0.0266. The highest BCUT2D eigenvalue weighted by Crippen LogP contribution is 2.76. The topological polar surface area (TPSA) is 204 Å². The number of halogens is 1. The molecular formula is C50H72BrNO12. The summed E-state index contributed by atoms with van der Waals surface area (Å²) in [4.78, 5) is 26.7. The highest BCUT2D eigenvalue weighted by molar-refractivity contribution is 9.10. The molecule has 5 aliphatic carbocycles. The number of aliphatic hydroxyl groups excluding tert-OH is 5. The third kappa shape index (κ3) is 8.08. The molecule has 17 atom stereocenters. The Morgan fingerprint density at radius 1 is 0.844 bits per heavy atom. The molecule has 14 heteroatoms. The Balaban J connectivity index is 1.04. The van der Waals surface area contributed by atoms with Crippen LogP contribution in [0.2, 0.25) is 0 Å². The molecule has 6 fully saturated rings. The summed E-state index contributed by atoms with van der Waals surface area (Å²) < 4.78 is 25.5. The molecule has 4 saturated carbocycles. The number of nitrogens with one attached hydrogen (secondary N) is 1. The number of hydrogen-bond donors (Lipinski definition) is 7. The molecule has 0 unspecified atom stereocenters. The number of carbonyl (C=O) groups is 2. The van der Waals surface area contributed by atoms with Crippen LogP contribution in [0.15, 0.2) is 46.5 Å². The lowest BCUT2D eigenvalue weighted by atomic mass is 9.33. The molecule has 356 valence electrons. The summed E-state index contributed by atoms with van der Waals surface area (Å²) in [5, 5.41) is 67.5. The summed E-state index contributed by atoms with van der Waals surface area (Å²) in [5.41, 5.74) is 1.00. The van der Waals surface area contributed by atoms with Gasteiger partial charge in [0.25, 0.3) is 0 Å². The van der Waals surface area contributed by atoms with Crippen molar-refractivity contribution >= 4 is 33.9 Å². The summed E-state index contributed by atoms with van der Waals surface area (Å²) in [7, 11) is 0. The largest absolute Gasteiger partial charge is 0.481 e. The van der Waals surface area contributed by atoms with Gasteiger partial charge in [0, 0.05) is 10.5 Å². The first kappa shape index (κ1) is 48.2. The Labute approximate surface area is 386 Å². The van der Waals surface area contributed by atoms with Crippen LogP contribution in [0, 0.1) is 50.2 Å². The normalized spacial score (nSPS) is 46.1. The van der Waals surface area contributed by atoms with Gasteiger partial charge in [-0.25, -0.2) is 0 Å². The van der Waals surface area contributed by atoms with Crippen LogP contribution in [0.25, 0.3) is 6.08 Å². The zero-order chi connectivity index (χ0) is 46.4. The zero-order valence-electron chi connectivity index (χ0n) is 38.5. The van der Waals surface area contributed by atoms with Crippen LogP contribution in [-0.2, 0) is 28.5 Å². The Morgan fingerprint density at radius 3 is 2.25 bits per heavy atom. The van der Waals surface area contributed by atoms with Crippen molar-refractivity contribution in [2.24, 2.45) is 50.2 Å². The average molecular weight is 959 g/mol. The van der Waals surface area contributed by atoms with E-state index < -0.39 is 72.5 Å². The standard InChI is InChI=1S/C50H72BrNO12/c1-45(2)20-22-50(44(59)60)23-21-48(6)29(30(50)24-45)13-14-34-47(5)18-17-35(46(3,4)33(47)16-19-49(34,48)7)64-42-37(52-36(54)15-10-27-8-11-28(51)12-9-27)40(57)39(56)32(63-42)26-62-43-41(58)38(55)31(53)25-61-43/h8-13,15,30-35,37-43,53,55-58H,14,16-26H2,1-7H3,(H,52,54)(H,59,60)/b15-10+/t30-,31-,32+,33-,34+,35-,37+,38-,39+,40+,41+,42-,43-,47-,48+,49+,50-/m0/s1. The molecule has 64 heavy (non-hydrogen) atoms. The van der Waals surface area contributed by atoms with Crippen molar-refractivity contribution in [3.05, 3.63) is 52.0 Å². The number of aliphatic hydroxyl groups is 5. The van der Waals surface area contributed by atoms with E-state index >= 15 is 0 Å². The molecule has 13 nitrogen and oxygen atoms in total. The van der Waals surface area contributed by atoms with Crippen LogP contribution in [0.1, 0.15) is 118 Å². The van der Waals surface area contributed by atoms with Gasteiger partial charge in [-0.1, -0.05) is 88.2 Å². The number of benzene rings is 1. The lowest BCUT2D eigenvalue weighted by Crippen LogP contribution is -2.67. The van der Waals surface area contributed by atoms with Crippen LogP contribution in [0.5, 0.6) is 0 Å². The van der Waals surface area contributed by atoms with E-state index in [1.807, 2.05) is 24.3 Å². The molecule has 0 bridgehead atoms. The highest BCUT2D eigenvalue weighted by Gasteiger charge is 2.69. The minimum atomic E-state index is -1.56. The summed E-state index contributed by atoms with van der Waals surface area (Å²) in [6, 6.07) is 6.26. The first-order chi connectivity index (χ1) is 30.0. The smallest absolute Gasteiger partial charge is 0.310 e. The van der Waals surface area contributed by atoms with Crippen molar-refractivity contribution in [3.63, 3.8) is 0 Å². The molecule has 0 radical (unpaired) electrons. The summed E-state index contributed by atoms with van der Waals surface area (Å²) in [6.07, 6.45) is 2.61. The second-order valence-electron chi connectivity index (χ2n) is 22.7. The maximum atomic E-state index is 13.5. The Kier molecular flexibility index (Phi) is 13.1. The lowest BCUT2D eigenvalue weighted by Gasteiger charge is -2.71. The van der Waals surface area contributed by atoms with Gasteiger partial charge in [-0.3, -0.25) is 9.59 Å². The zero-order valence-corrected chi connectivity index (χ0v) is 40.1. The Hall–Kier alpha value is -2.24. The monoisotopic (exact) mass is 957 g/mol. The molecule has 7 aliphatic rings. The van der Waals surface area contributed by atoms with Gasteiger partial charge >= 0.3 is 5.97 Å². The number of ether oxygens (including phenoxy) is 4. The second-order valence-corrected chi connectivity index (χ2v) is 23.6. The van der Waals surface area contributed by atoms with Crippen LogP contribution in [-0.4, -0.2) is 117 Å². The number of hydrogen-bond acceptors (Lipinski definition) is 11. The lowest BCUT2D eigenvalue weighted by molar-refractivity contribution is -0.322. The number of carboxylic acids is 1. The van der Waals surface area contributed by atoms with Crippen LogP contribution in [0.3, 0.4) is 0 Å². The predicted molar refractivity (Wildman–Crippen MR) is 241 cm³/mol. The van der Waals surface area contributed by atoms with Gasteiger partial charge in [0.05, 0.1) is 24.7 Å². The van der Waals surface area contributed by atoms with Gasteiger partial charge < -0.3 is 54.9 Å². The van der Waals surface area contributed by atoms with Crippen molar-refractivity contribution in [1.82, 2.24) is 5.32 Å². The van der Waals surface area contributed by atoms with Crippen molar-refractivity contribution in [2.75, 3.05) is 13.2 Å². The first-order valence-electron chi connectivity index (χ1n) is 23.6. The van der Waals surface area contributed by atoms with Gasteiger partial charge in [-0.15, -0.1) is 0 Å². The van der Waals surface area contributed by atoms with Crippen molar-refractivity contribution < 1.29 is 59.2 Å². The van der Waals surface area contributed by atoms with Gasteiger partial charge in [-0.2, -0.15) is 0 Å². The number of allylic oxidation sites excluding steroid dienone is 2. The molecule has 1 aromatic carbocycles. The molecule has 7 N–H and O–H groups in total. The van der Waals surface area contributed by atoms with Gasteiger partial charge in [0.2, 0.25) is 5.91 Å². The molecule has 1 amide bonds. The number of aliphatic carboxylic acids is 1. The third-order valence-electron chi connectivity index (χ3n) is 18.5. The molecule has 8 rings (SSSR count). The SMILES string of the molecule is CC1(C)CC[C@]2(C(=O)O)CC[C@]3(C)C(=CC[C@@H]4[C@@]5(C)CC[C@H](O[C@@H]6O[C@H](CO[C@@H]7OC[C@H](O)[C@H](O)[C@H]7O)[C@@H](O)[C@H](O)[C@H]6NC(=O)/C=C/c6ccc(Br)cc6)C(C)(C)[C@@H]5CC[C@]43C)[C@@H]2C1. The molecule has 1 aromatic rings. The predicted octanol–water partition coefficient (Wildman–Crippen LogP) is 6.12. The maximum absolute atomic E-state index is 13.5. The van der Waals surface area contributed by atoms with E-state index in [9.17, 15) is 40.2 Å². The average Bonchev–Trinajstić information content (AvgIpc) is 3.23. The van der Waals surface area contributed by atoms with Crippen molar-refractivity contribution in [2.45, 2.75) is 174 Å². The van der Waals surface area contributed by atoms with Crippen LogP contribution >= 0.6 is 15.9 Å². The van der Waals surface area contributed by atoms with Crippen molar-refractivity contribution in [3.8, 4) is 0 Å². The molecular weight excluding hydrogens is 886 g/mol. The molecule has 0 aromatic heterocycles. The van der Waals surface area contributed by atoms with E-state index in [4.69, 9.17) is 18.9 Å². The van der Waals surface area contributed by atoms with Crippen molar-refractivity contribution in [1.29, 1.82) is 0 Å². The van der Waals surface area contributed by atoms with Gasteiger partial charge in [-0.05, 0) is 133 Å². The molecule has 2 aliphatic heterocycles. The first-order valence-corrected chi connectivity index (χ1v) is 24.4. The minimum Gasteiger partial charge on any atom is -0.481 e. The fraction of sp³-hybridized carbons (Fsp3) is 0.760. The van der Waals surface area contributed by atoms with Gasteiger partial charge in [0.15, 0.2) is 12.6 Å². The summed E-state index contributed by atoms with van der Waals surface area (Å²) in [5.74, 6) is -0.486. The van der Waals surface area contributed by atoms with E-state index in [1.165, 1.54) is 11.6 Å². The number of rotatable bonds is 9. The second kappa shape index (κ2) is 17.4. The van der Waals surface area contributed by atoms with E-state index in [0.29, 0.717) is 18.8 Å². The maximum Gasteiger partial charge on any atom is 0.310 e. The van der Waals surface area contributed by atoms with Crippen LogP contribution < -0.4 is 5.32 Å². The highest BCUT2D eigenvalue weighted by atomic mass is 79.9. The number of carboxylic acid groups (broad SMARTS) is 1. The molecule has 2 heterocycles. The third-order valence-corrected chi connectivity index (χ3v) is 19.0. The molecule has 2 saturated heterocycles.